The summed E-state index contributed by atoms with van der Waals surface area (Å²) < 4.78 is 0. The molecule has 3 heteroatoms. The number of aromatic nitrogens is 1. The summed E-state index contributed by atoms with van der Waals surface area (Å²) in [5.74, 6) is 0. The van der Waals surface area contributed by atoms with Gasteiger partial charge in [-0.15, -0.1) is 0 Å². The molecule has 0 bridgehead atoms. The number of hydrogen-bond donors (Lipinski definition) is 1. The van der Waals surface area contributed by atoms with Gasteiger partial charge in [0.1, 0.15) is 0 Å². The standard InChI is InChI=1S/C24H16NPS/c27-26(16-8-2-1-3-9-16)21-13-7-5-11-18(21)24-22(26)15-14-20-23(24)17-10-4-6-12-19(17)25-20/h1-15,25H. The summed E-state index contributed by atoms with van der Waals surface area (Å²) >= 11 is 6.50. The molecule has 5 aromatic rings. The number of H-pyrrole nitrogens is 1. The molecular formula is C24H16NPS. The SMILES string of the molecule is S=P1(c2ccccc2)c2ccccc2-c2c1ccc1[nH]c3ccccc3c21. The van der Waals surface area contributed by atoms with E-state index in [4.69, 9.17) is 11.8 Å². The quantitative estimate of drug-likeness (QED) is 0.394. The highest BCUT2D eigenvalue weighted by molar-refractivity contribution is 8.26. The molecule has 0 spiro atoms. The molecule has 1 nitrogen and oxygen atoms in total. The average Bonchev–Trinajstić information content (AvgIpc) is 3.23. The molecule has 128 valence electrons. The Bertz CT molecular complexity index is 1400. The zero-order valence-electron chi connectivity index (χ0n) is 14.5. The van der Waals surface area contributed by atoms with Gasteiger partial charge in [0, 0.05) is 44.0 Å². The van der Waals surface area contributed by atoms with Gasteiger partial charge in [-0.05, 0) is 23.0 Å². The van der Waals surface area contributed by atoms with Crippen LogP contribution in [-0.4, -0.2) is 4.98 Å². The summed E-state index contributed by atoms with van der Waals surface area (Å²) in [6.45, 7) is 0. The van der Waals surface area contributed by atoms with Gasteiger partial charge in [-0.3, -0.25) is 0 Å². The Balaban J connectivity index is 1.84. The van der Waals surface area contributed by atoms with Gasteiger partial charge in [0.15, 0.2) is 0 Å². The Labute approximate surface area is 162 Å². The third-order valence-corrected chi connectivity index (χ3v) is 10.6. The molecule has 27 heavy (non-hydrogen) atoms. The molecule has 2 heterocycles. The van der Waals surface area contributed by atoms with Crippen LogP contribution in [-0.2, 0) is 11.8 Å². The van der Waals surface area contributed by atoms with Crippen molar-refractivity contribution in [2.75, 3.05) is 0 Å². The molecule has 0 fully saturated rings. The molecule has 6 rings (SSSR count). The fourth-order valence-corrected chi connectivity index (χ4v) is 8.83. The van der Waals surface area contributed by atoms with Gasteiger partial charge >= 0.3 is 0 Å². The van der Waals surface area contributed by atoms with E-state index in [0.717, 1.165) is 0 Å². The monoisotopic (exact) mass is 381 g/mol. The summed E-state index contributed by atoms with van der Waals surface area (Å²) in [5.41, 5.74) is 4.99. The zero-order chi connectivity index (χ0) is 18.0. The van der Waals surface area contributed by atoms with Crippen molar-refractivity contribution < 1.29 is 0 Å². The van der Waals surface area contributed by atoms with E-state index in [2.05, 4.69) is 96.0 Å². The van der Waals surface area contributed by atoms with Crippen LogP contribution in [0.3, 0.4) is 0 Å². The first kappa shape index (κ1) is 15.4. The molecule has 1 aliphatic rings. The number of fused-ring (bicyclic) bond motifs is 7. The Morgan fingerprint density at radius 1 is 0.630 bits per heavy atom. The van der Waals surface area contributed by atoms with Gasteiger partial charge in [0.2, 0.25) is 0 Å². The Morgan fingerprint density at radius 3 is 2.26 bits per heavy atom. The van der Waals surface area contributed by atoms with Crippen molar-refractivity contribution in [1.82, 2.24) is 4.98 Å². The lowest BCUT2D eigenvalue weighted by atomic mass is 10.00. The first-order valence-corrected chi connectivity index (χ1v) is 11.9. The minimum Gasteiger partial charge on any atom is -0.354 e. The number of aromatic amines is 1. The molecule has 0 aliphatic carbocycles. The third kappa shape index (κ3) is 1.92. The Kier molecular flexibility index (Phi) is 3.09. The highest BCUT2D eigenvalue weighted by Crippen LogP contribution is 2.54. The lowest BCUT2D eigenvalue weighted by Gasteiger charge is -2.19. The molecule has 1 unspecified atom stereocenters. The predicted molar refractivity (Wildman–Crippen MR) is 121 cm³/mol. The van der Waals surface area contributed by atoms with E-state index >= 15 is 0 Å². The largest absolute Gasteiger partial charge is 0.354 e. The Hall–Kier alpha value is -2.67. The summed E-state index contributed by atoms with van der Waals surface area (Å²) in [6, 6.07) is 30.4. The molecule has 1 N–H and O–H groups in total. The average molecular weight is 381 g/mol. The fourth-order valence-electron chi connectivity index (χ4n) is 4.47. The normalized spacial score (nSPS) is 17.9. The van der Waals surface area contributed by atoms with Crippen LogP contribution in [0.25, 0.3) is 32.9 Å². The maximum Gasteiger partial charge on any atom is 0.0471 e. The maximum atomic E-state index is 6.50. The molecule has 4 aromatic carbocycles. The fraction of sp³-hybridized carbons (Fsp3) is 0. The Morgan fingerprint density at radius 2 is 1.37 bits per heavy atom. The molecular weight excluding hydrogens is 365 g/mol. The minimum absolute atomic E-state index is 1.18. The van der Waals surface area contributed by atoms with Crippen molar-refractivity contribution in [3.05, 3.63) is 91.0 Å². The second-order valence-corrected chi connectivity index (χ2v) is 11.4. The highest BCUT2D eigenvalue weighted by atomic mass is 32.4. The second kappa shape index (κ2) is 5.42. The summed E-state index contributed by atoms with van der Waals surface area (Å²) in [7, 11) is 0. The van der Waals surface area contributed by atoms with Crippen molar-refractivity contribution in [3.8, 4) is 11.1 Å². The number of para-hydroxylation sites is 1. The lowest BCUT2D eigenvalue weighted by molar-refractivity contribution is 1.55. The number of hydrogen-bond acceptors (Lipinski definition) is 1. The maximum absolute atomic E-state index is 6.50. The van der Waals surface area contributed by atoms with E-state index in [1.54, 1.807) is 0 Å². The smallest absolute Gasteiger partial charge is 0.0471 e. The van der Waals surface area contributed by atoms with Crippen molar-refractivity contribution >= 4 is 55.6 Å². The van der Waals surface area contributed by atoms with Gasteiger partial charge in [0.05, 0.1) is 0 Å². The lowest BCUT2D eigenvalue weighted by Crippen LogP contribution is -2.20. The number of rotatable bonds is 1. The molecule has 0 radical (unpaired) electrons. The minimum atomic E-state index is -2.04. The van der Waals surface area contributed by atoms with Gasteiger partial charge in [0.25, 0.3) is 0 Å². The highest BCUT2D eigenvalue weighted by Gasteiger charge is 2.37. The molecule has 0 saturated heterocycles. The van der Waals surface area contributed by atoms with Crippen LogP contribution in [0.2, 0.25) is 0 Å². The van der Waals surface area contributed by atoms with Crippen LogP contribution in [0.5, 0.6) is 0 Å². The molecule has 0 amide bonds. The van der Waals surface area contributed by atoms with E-state index in [0.29, 0.717) is 0 Å². The van der Waals surface area contributed by atoms with E-state index < -0.39 is 6.04 Å². The van der Waals surface area contributed by atoms with E-state index in [1.807, 2.05) is 0 Å². The first-order valence-electron chi connectivity index (χ1n) is 9.08. The summed E-state index contributed by atoms with van der Waals surface area (Å²) in [6.07, 6.45) is 0. The van der Waals surface area contributed by atoms with E-state index in [9.17, 15) is 0 Å². The zero-order valence-corrected chi connectivity index (χ0v) is 16.2. The van der Waals surface area contributed by atoms with Crippen LogP contribution in [0.15, 0.2) is 91.0 Å². The third-order valence-electron chi connectivity index (χ3n) is 5.62. The van der Waals surface area contributed by atoms with Crippen LogP contribution in [0, 0.1) is 0 Å². The van der Waals surface area contributed by atoms with Gasteiger partial charge in [-0.25, -0.2) is 0 Å². The van der Waals surface area contributed by atoms with Gasteiger partial charge < -0.3 is 4.98 Å². The van der Waals surface area contributed by atoms with Crippen LogP contribution in [0.1, 0.15) is 0 Å². The second-order valence-electron chi connectivity index (χ2n) is 7.01. The first-order chi connectivity index (χ1) is 13.3. The van der Waals surface area contributed by atoms with E-state index in [1.165, 1.54) is 48.8 Å². The van der Waals surface area contributed by atoms with Crippen molar-refractivity contribution in [3.63, 3.8) is 0 Å². The number of nitrogens with one attached hydrogen (secondary N) is 1. The number of benzene rings is 4. The summed E-state index contributed by atoms with van der Waals surface area (Å²) in [5, 5.41) is 6.49. The van der Waals surface area contributed by atoms with Crippen molar-refractivity contribution in [2.24, 2.45) is 0 Å². The van der Waals surface area contributed by atoms with E-state index in [-0.39, 0.29) is 0 Å². The molecule has 1 aliphatic heterocycles. The van der Waals surface area contributed by atoms with Gasteiger partial charge in [-0.2, -0.15) is 0 Å². The van der Waals surface area contributed by atoms with Crippen molar-refractivity contribution in [2.45, 2.75) is 0 Å². The van der Waals surface area contributed by atoms with Crippen LogP contribution in [0.4, 0.5) is 0 Å². The molecule has 1 aromatic heterocycles. The summed E-state index contributed by atoms with van der Waals surface area (Å²) in [4.78, 5) is 3.58. The van der Waals surface area contributed by atoms with Crippen molar-refractivity contribution in [1.29, 1.82) is 0 Å². The predicted octanol–water partition coefficient (Wildman–Crippen LogP) is 5.06. The van der Waals surface area contributed by atoms with Crippen LogP contribution < -0.4 is 15.9 Å². The van der Waals surface area contributed by atoms with Gasteiger partial charge in [-0.1, -0.05) is 90.7 Å². The topological polar surface area (TPSA) is 15.8 Å². The molecule has 1 atom stereocenters. The van der Waals surface area contributed by atoms with Crippen LogP contribution >= 0.6 is 6.04 Å². The molecule has 0 saturated carbocycles.